The normalized spacial score (nSPS) is 12.0. The van der Waals surface area contributed by atoms with Crippen molar-refractivity contribution >= 4 is 43.9 Å². The molecule has 4 nitrogen and oxygen atoms in total. The Morgan fingerprint density at radius 2 is 0.787 bits per heavy atom. The van der Waals surface area contributed by atoms with Crippen molar-refractivity contribution in [3.63, 3.8) is 0 Å². The highest BCUT2D eigenvalue weighted by molar-refractivity contribution is 6.07. The molecule has 9 rings (SSSR count). The predicted molar refractivity (Wildman–Crippen MR) is 195 cm³/mol. The predicted octanol–water partition coefficient (Wildman–Crippen LogP) is 10.7. The van der Waals surface area contributed by atoms with Gasteiger partial charge in [0.05, 0.1) is 33.1 Å². The van der Waals surface area contributed by atoms with Gasteiger partial charge in [-0.2, -0.15) is 0 Å². The Morgan fingerprint density at radius 1 is 0.404 bits per heavy atom. The summed E-state index contributed by atoms with van der Waals surface area (Å²) in [6, 6.07) is 52.2. The third kappa shape index (κ3) is 4.29. The van der Waals surface area contributed by atoms with Crippen LogP contribution in [0.25, 0.3) is 66.4 Å². The SMILES string of the molecule is CC(C)(c1ccc(-c2ccc(-n3c4ccccc4c4ncccc43)cc2)cc1)c1ccc(-n2c3ccccc3c3ncccc32)cc1. The maximum absolute atomic E-state index is 4.69. The molecule has 4 heterocycles. The number of aromatic nitrogens is 4. The highest BCUT2D eigenvalue weighted by atomic mass is 15.0. The average molecular weight is 605 g/mol. The second kappa shape index (κ2) is 10.5. The summed E-state index contributed by atoms with van der Waals surface area (Å²) in [6.45, 7) is 4.60. The molecular weight excluding hydrogens is 573 g/mol. The van der Waals surface area contributed by atoms with E-state index in [4.69, 9.17) is 4.98 Å². The third-order valence-electron chi connectivity index (χ3n) is 9.77. The van der Waals surface area contributed by atoms with Gasteiger partial charge in [0.25, 0.3) is 0 Å². The molecule has 4 heteroatoms. The van der Waals surface area contributed by atoms with Gasteiger partial charge in [-0.15, -0.1) is 0 Å². The minimum atomic E-state index is -0.159. The zero-order valence-corrected chi connectivity index (χ0v) is 26.3. The Kier molecular flexibility index (Phi) is 6.12. The lowest BCUT2D eigenvalue weighted by molar-refractivity contribution is 0.641. The van der Waals surface area contributed by atoms with Gasteiger partial charge >= 0.3 is 0 Å². The van der Waals surface area contributed by atoms with E-state index < -0.39 is 0 Å². The van der Waals surface area contributed by atoms with Crippen LogP contribution >= 0.6 is 0 Å². The standard InChI is InChI=1S/C43H32N4/c1-43(2,32-21-25-34(26-22-32)47-38-12-6-4-10-36(38)42-40(47)14-8-28-45-42)31-19-15-29(16-20-31)30-17-23-33(24-18-30)46-37-11-5-3-9-35(37)41-39(46)13-7-27-44-41/h3-28H,1-2H3. The molecule has 0 unspecified atom stereocenters. The molecule has 0 saturated heterocycles. The van der Waals surface area contributed by atoms with Crippen LogP contribution in [-0.4, -0.2) is 19.1 Å². The molecule has 9 aromatic rings. The van der Waals surface area contributed by atoms with Gasteiger partial charge in [-0.1, -0.05) is 98.8 Å². The van der Waals surface area contributed by atoms with Gasteiger partial charge in [-0.25, -0.2) is 0 Å². The summed E-state index contributed by atoms with van der Waals surface area (Å²) < 4.78 is 4.61. The maximum atomic E-state index is 4.69. The Morgan fingerprint density at radius 3 is 1.28 bits per heavy atom. The van der Waals surface area contributed by atoms with E-state index in [0.717, 1.165) is 33.4 Å². The summed E-state index contributed by atoms with van der Waals surface area (Å²) in [7, 11) is 0. The summed E-state index contributed by atoms with van der Waals surface area (Å²) in [5.41, 5.74) is 13.7. The van der Waals surface area contributed by atoms with E-state index in [1.807, 2.05) is 24.5 Å². The van der Waals surface area contributed by atoms with E-state index >= 15 is 0 Å². The summed E-state index contributed by atoms with van der Waals surface area (Å²) >= 11 is 0. The van der Waals surface area contributed by atoms with Crippen molar-refractivity contribution in [1.29, 1.82) is 0 Å². The topological polar surface area (TPSA) is 35.6 Å². The third-order valence-corrected chi connectivity index (χ3v) is 9.77. The van der Waals surface area contributed by atoms with Gasteiger partial charge in [-0.3, -0.25) is 9.97 Å². The van der Waals surface area contributed by atoms with E-state index in [-0.39, 0.29) is 5.41 Å². The Bertz CT molecular complexity index is 2460. The van der Waals surface area contributed by atoms with E-state index in [2.05, 4.69) is 161 Å². The van der Waals surface area contributed by atoms with Crippen LogP contribution in [0.15, 0.2) is 158 Å². The van der Waals surface area contributed by atoms with E-state index in [1.54, 1.807) is 0 Å². The van der Waals surface area contributed by atoms with Gasteiger partial charge < -0.3 is 9.13 Å². The largest absolute Gasteiger partial charge is 0.308 e. The van der Waals surface area contributed by atoms with E-state index in [9.17, 15) is 0 Å². The molecule has 0 aliphatic heterocycles. The first-order chi connectivity index (χ1) is 23.1. The van der Waals surface area contributed by atoms with E-state index in [1.165, 1.54) is 44.1 Å². The fourth-order valence-electron chi connectivity index (χ4n) is 7.20. The summed E-state index contributed by atoms with van der Waals surface area (Å²) in [5, 5.41) is 2.34. The van der Waals surface area contributed by atoms with Crippen LogP contribution in [0.1, 0.15) is 25.0 Å². The number of hydrogen-bond donors (Lipinski definition) is 0. The lowest BCUT2D eigenvalue weighted by atomic mass is 9.78. The highest BCUT2D eigenvalue weighted by Crippen LogP contribution is 2.36. The van der Waals surface area contributed by atoms with Crippen LogP contribution in [0.2, 0.25) is 0 Å². The minimum Gasteiger partial charge on any atom is -0.308 e. The minimum absolute atomic E-state index is 0.159. The summed E-state index contributed by atoms with van der Waals surface area (Å²) in [5.74, 6) is 0. The Labute approximate surface area is 273 Å². The second-order valence-corrected chi connectivity index (χ2v) is 12.7. The van der Waals surface area contributed by atoms with Crippen LogP contribution in [-0.2, 0) is 5.41 Å². The lowest BCUT2D eigenvalue weighted by Gasteiger charge is -2.27. The van der Waals surface area contributed by atoms with Crippen LogP contribution < -0.4 is 0 Å². The molecule has 0 atom stereocenters. The monoisotopic (exact) mass is 604 g/mol. The van der Waals surface area contributed by atoms with Crippen LogP contribution in [0.4, 0.5) is 0 Å². The summed E-state index contributed by atoms with van der Waals surface area (Å²) in [6.07, 6.45) is 3.74. The molecular formula is C43H32N4. The average Bonchev–Trinajstić information content (AvgIpc) is 3.65. The quantitative estimate of drug-likeness (QED) is 0.196. The van der Waals surface area contributed by atoms with Crippen LogP contribution in [0, 0.1) is 0 Å². The molecule has 4 aromatic heterocycles. The molecule has 0 bridgehead atoms. The molecule has 0 saturated carbocycles. The Balaban J connectivity index is 1.01. The van der Waals surface area contributed by atoms with Crippen LogP contribution in [0.3, 0.4) is 0 Å². The molecule has 0 aliphatic rings. The fraction of sp³-hybridized carbons (Fsp3) is 0.0698. The van der Waals surface area contributed by atoms with Crippen molar-refractivity contribution in [2.24, 2.45) is 0 Å². The Hall–Kier alpha value is -6.00. The van der Waals surface area contributed by atoms with Crippen LogP contribution in [0.5, 0.6) is 0 Å². The van der Waals surface area contributed by atoms with Gasteiger partial charge in [0.1, 0.15) is 0 Å². The van der Waals surface area contributed by atoms with Crippen molar-refractivity contribution < 1.29 is 0 Å². The molecule has 0 spiro atoms. The number of benzene rings is 5. The zero-order valence-electron chi connectivity index (χ0n) is 26.3. The first-order valence-electron chi connectivity index (χ1n) is 16.1. The number of hydrogen-bond acceptors (Lipinski definition) is 2. The first kappa shape index (κ1) is 27.3. The van der Waals surface area contributed by atoms with Gasteiger partial charge in [-0.05, 0) is 82.9 Å². The van der Waals surface area contributed by atoms with E-state index in [0.29, 0.717) is 0 Å². The molecule has 0 N–H and O–H groups in total. The fourth-order valence-corrected chi connectivity index (χ4v) is 7.20. The molecule has 47 heavy (non-hydrogen) atoms. The van der Waals surface area contributed by atoms with Crippen molar-refractivity contribution in [2.45, 2.75) is 19.3 Å². The first-order valence-corrected chi connectivity index (χ1v) is 16.1. The smallest absolute Gasteiger partial charge is 0.0963 e. The van der Waals surface area contributed by atoms with Crippen molar-refractivity contribution in [3.8, 4) is 22.5 Å². The number of pyridine rings is 2. The number of rotatable bonds is 5. The molecule has 0 amide bonds. The van der Waals surface area contributed by atoms with Gasteiger partial charge in [0, 0.05) is 40.0 Å². The number of para-hydroxylation sites is 2. The van der Waals surface area contributed by atoms with Crippen molar-refractivity contribution in [3.05, 3.63) is 169 Å². The summed E-state index contributed by atoms with van der Waals surface area (Å²) in [4.78, 5) is 9.38. The van der Waals surface area contributed by atoms with Crippen molar-refractivity contribution in [2.75, 3.05) is 0 Å². The van der Waals surface area contributed by atoms with Crippen molar-refractivity contribution in [1.82, 2.24) is 19.1 Å². The maximum Gasteiger partial charge on any atom is 0.0963 e. The zero-order chi connectivity index (χ0) is 31.5. The molecule has 0 aliphatic carbocycles. The van der Waals surface area contributed by atoms with Gasteiger partial charge in [0.15, 0.2) is 0 Å². The molecule has 0 radical (unpaired) electrons. The molecule has 0 fully saturated rings. The highest BCUT2D eigenvalue weighted by Gasteiger charge is 2.24. The molecule has 224 valence electrons. The lowest BCUT2D eigenvalue weighted by Crippen LogP contribution is -2.18. The number of fused-ring (bicyclic) bond motifs is 6. The van der Waals surface area contributed by atoms with Gasteiger partial charge in [0.2, 0.25) is 0 Å². The second-order valence-electron chi connectivity index (χ2n) is 12.7. The molecule has 5 aromatic carbocycles. The number of nitrogens with zero attached hydrogens (tertiary/aromatic N) is 4.